The van der Waals surface area contributed by atoms with Gasteiger partial charge in [0.1, 0.15) is 10.7 Å². The minimum absolute atomic E-state index is 0.167. The Balaban J connectivity index is 1.43. The van der Waals surface area contributed by atoms with Gasteiger partial charge in [0.15, 0.2) is 0 Å². The summed E-state index contributed by atoms with van der Waals surface area (Å²) in [6.45, 7) is 0.316. The Bertz CT molecular complexity index is 974. The molecule has 1 amide bonds. The first-order valence-electron chi connectivity index (χ1n) is 7.63. The Morgan fingerprint density at radius 1 is 1.16 bits per heavy atom. The molecule has 25 heavy (non-hydrogen) atoms. The molecule has 0 unspecified atom stereocenters. The van der Waals surface area contributed by atoms with Gasteiger partial charge in [-0.25, -0.2) is 9.36 Å². The highest BCUT2D eigenvalue weighted by Gasteiger charge is 2.09. The number of carbonyl (C=O) groups is 1. The van der Waals surface area contributed by atoms with Crippen molar-refractivity contribution in [2.24, 2.45) is 0 Å². The van der Waals surface area contributed by atoms with Crippen molar-refractivity contribution in [1.82, 2.24) is 30.1 Å². The van der Waals surface area contributed by atoms with Crippen LogP contribution in [0.1, 0.15) is 16.1 Å². The summed E-state index contributed by atoms with van der Waals surface area (Å²) in [7, 11) is 0. The highest BCUT2D eigenvalue weighted by Crippen LogP contribution is 2.13. The molecule has 8 heteroatoms. The van der Waals surface area contributed by atoms with Gasteiger partial charge in [-0.3, -0.25) is 4.79 Å². The van der Waals surface area contributed by atoms with Crippen molar-refractivity contribution in [3.63, 3.8) is 0 Å². The first-order valence-corrected chi connectivity index (χ1v) is 8.51. The minimum atomic E-state index is -0.167. The van der Waals surface area contributed by atoms with E-state index in [1.54, 1.807) is 39.0 Å². The van der Waals surface area contributed by atoms with Crippen LogP contribution in [-0.4, -0.2) is 30.7 Å². The molecule has 4 aromatic rings. The first kappa shape index (κ1) is 15.3. The molecular formula is C17H14N6OS. The third-order valence-electron chi connectivity index (χ3n) is 3.58. The van der Waals surface area contributed by atoms with Crippen molar-refractivity contribution < 1.29 is 4.79 Å². The summed E-state index contributed by atoms with van der Waals surface area (Å²) in [5.74, 6) is -0.167. The lowest BCUT2D eigenvalue weighted by Gasteiger charge is -2.06. The summed E-state index contributed by atoms with van der Waals surface area (Å²) in [4.78, 5) is 12.4. The zero-order valence-electron chi connectivity index (χ0n) is 13.1. The van der Waals surface area contributed by atoms with Crippen LogP contribution >= 0.6 is 11.3 Å². The number of amides is 1. The van der Waals surface area contributed by atoms with Gasteiger partial charge in [0.05, 0.1) is 18.4 Å². The number of aromatic nitrogens is 5. The van der Waals surface area contributed by atoms with E-state index in [-0.39, 0.29) is 5.91 Å². The van der Waals surface area contributed by atoms with Crippen LogP contribution in [0.25, 0.3) is 10.7 Å². The van der Waals surface area contributed by atoms with Crippen LogP contribution in [0.2, 0.25) is 0 Å². The Morgan fingerprint density at radius 3 is 2.92 bits per heavy atom. The number of rotatable bonds is 5. The lowest BCUT2D eigenvalue weighted by Crippen LogP contribution is -2.23. The molecule has 0 saturated heterocycles. The van der Waals surface area contributed by atoms with E-state index in [0.29, 0.717) is 17.8 Å². The molecule has 0 aliphatic carbocycles. The number of carbonyl (C=O) groups excluding carboxylic acids is 1. The standard InChI is InChI=1S/C17H14N6OS/c24-17(13-4-1-5-15(10-13)22-8-3-7-19-22)18-11-14-12-23(21-20-14)16-6-2-9-25-16/h1-10,12H,11H2,(H,18,24). The highest BCUT2D eigenvalue weighted by molar-refractivity contribution is 7.12. The van der Waals surface area contributed by atoms with Crippen molar-refractivity contribution in [1.29, 1.82) is 0 Å². The second-order valence-corrected chi connectivity index (χ2v) is 6.22. The summed E-state index contributed by atoms with van der Waals surface area (Å²) in [5.41, 5.74) is 2.10. The van der Waals surface area contributed by atoms with E-state index in [1.807, 2.05) is 48.1 Å². The first-order chi connectivity index (χ1) is 12.3. The fraction of sp³-hybridized carbons (Fsp3) is 0.0588. The molecule has 4 rings (SSSR count). The molecule has 1 aromatic carbocycles. The molecule has 0 fully saturated rings. The number of benzene rings is 1. The van der Waals surface area contributed by atoms with Crippen molar-refractivity contribution in [3.8, 4) is 10.7 Å². The monoisotopic (exact) mass is 350 g/mol. The van der Waals surface area contributed by atoms with E-state index in [1.165, 1.54) is 0 Å². The molecule has 0 radical (unpaired) electrons. The normalized spacial score (nSPS) is 10.7. The van der Waals surface area contributed by atoms with Gasteiger partial charge in [-0.2, -0.15) is 5.10 Å². The van der Waals surface area contributed by atoms with Gasteiger partial charge in [0, 0.05) is 18.0 Å². The lowest BCUT2D eigenvalue weighted by atomic mass is 10.2. The molecule has 0 aliphatic rings. The molecule has 1 N–H and O–H groups in total. The van der Waals surface area contributed by atoms with Gasteiger partial charge in [0.2, 0.25) is 0 Å². The fourth-order valence-corrected chi connectivity index (χ4v) is 3.02. The van der Waals surface area contributed by atoms with E-state index in [4.69, 9.17) is 0 Å². The summed E-state index contributed by atoms with van der Waals surface area (Å²) in [6.07, 6.45) is 5.34. The van der Waals surface area contributed by atoms with Crippen molar-refractivity contribution >= 4 is 17.2 Å². The Morgan fingerprint density at radius 2 is 2.12 bits per heavy atom. The van der Waals surface area contributed by atoms with E-state index >= 15 is 0 Å². The number of hydrogen-bond acceptors (Lipinski definition) is 5. The van der Waals surface area contributed by atoms with E-state index in [2.05, 4.69) is 20.7 Å². The van der Waals surface area contributed by atoms with Crippen LogP contribution in [0, 0.1) is 0 Å². The fourth-order valence-electron chi connectivity index (χ4n) is 2.37. The maximum atomic E-state index is 12.4. The maximum Gasteiger partial charge on any atom is 0.251 e. The summed E-state index contributed by atoms with van der Waals surface area (Å²) in [5, 5.41) is 18.2. The number of nitrogens with zero attached hydrogens (tertiary/aromatic N) is 5. The highest BCUT2D eigenvalue weighted by atomic mass is 32.1. The lowest BCUT2D eigenvalue weighted by molar-refractivity contribution is 0.0950. The molecule has 3 aromatic heterocycles. The Labute approximate surface area is 147 Å². The maximum absolute atomic E-state index is 12.4. The predicted octanol–water partition coefficient (Wildman–Crippen LogP) is 2.44. The summed E-state index contributed by atoms with van der Waals surface area (Å²) in [6, 6.07) is 13.0. The topological polar surface area (TPSA) is 77.6 Å². The van der Waals surface area contributed by atoms with Crippen LogP contribution in [-0.2, 0) is 6.54 Å². The Hall–Kier alpha value is -3.26. The quantitative estimate of drug-likeness (QED) is 0.600. The van der Waals surface area contributed by atoms with Gasteiger partial charge < -0.3 is 5.32 Å². The molecular weight excluding hydrogens is 336 g/mol. The largest absolute Gasteiger partial charge is 0.346 e. The zero-order chi connectivity index (χ0) is 17.1. The van der Waals surface area contributed by atoms with Gasteiger partial charge in [0.25, 0.3) is 5.91 Å². The minimum Gasteiger partial charge on any atom is -0.346 e. The van der Waals surface area contributed by atoms with Crippen LogP contribution < -0.4 is 5.32 Å². The van der Waals surface area contributed by atoms with Crippen LogP contribution in [0.5, 0.6) is 0 Å². The second-order valence-electron chi connectivity index (χ2n) is 5.29. The number of hydrogen-bond donors (Lipinski definition) is 1. The SMILES string of the molecule is O=C(NCc1cn(-c2cccs2)nn1)c1cccc(-n2cccn2)c1. The van der Waals surface area contributed by atoms with Gasteiger partial charge >= 0.3 is 0 Å². The van der Waals surface area contributed by atoms with Gasteiger partial charge in [-0.1, -0.05) is 11.3 Å². The predicted molar refractivity (Wildman–Crippen MR) is 94.0 cm³/mol. The van der Waals surface area contributed by atoms with Crippen molar-refractivity contribution in [2.75, 3.05) is 0 Å². The van der Waals surface area contributed by atoms with E-state index in [9.17, 15) is 4.79 Å². The molecule has 3 heterocycles. The summed E-state index contributed by atoms with van der Waals surface area (Å²) < 4.78 is 3.41. The van der Waals surface area contributed by atoms with Crippen LogP contribution in [0.4, 0.5) is 0 Å². The molecule has 124 valence electrons. The molecule has 7 nitrogen and oxygen atoms in total. The van der Waals surface area contributed by atoms with E-state index < -0.39 is 0 Å². The van der Waals surface area contributed by atoms with Gasteiger partial charge in [-0.05, 0) is 41.8 Å². The molecule has 0 saturated carbocycles. The summed E-state index contributed by atoms with van der Waals surface area (Å²) >= 11 is 1.58. The van der Waals surface area contributed by atoms with Crippen LogP contribution in [0.15, 0.2) is 66.4 Å². The van der Waals surface area contributed by atoms with Gasteiger partial charge in [-0.15, -0.1) is 16.4 Å². The van der Waals surface area contributed by atoms with Crippen molar-refractivity contribution in [3.05, 3.63) is 77.7 Å². The average Bonchev–Trinajstić information content (AvgIpc) is 3.42. The van der Waals surface area contributed by atoms with Crippen LogP contribution in [0.3, 0.4) is 0 Å². The molecule has 0 spiro atoms. The zero-order valence-corrected chi connectivity index (χ0v) is 13.9. The third-order valence-corrected chi connectivity index (χ3v) is 4.44. The number of thiophene rings is 1. The number of nitrogens with one attached hydrogen (secondary N) is 1. The smallest absolute Gasteiger partial charge is 0.251 e. The Kier molecular flexibility index (Phi) is 4.09. The average molecular weight is 350 g/mol. The molecule has 0 bridgehead atoms. The third kappa shape index (κ3) is 3.33. The molecule has 0 atom stereocenters. The van der Waals surface area contributed by atoms with Crippen molar-refractivity contribution in [2.45, 2.75) is 6.54 Å². The molecule has 0 aliphatic heterocycles. The van der Waals surface area contributed by atoms with E-state index in [0.717, 1.165) is 10.7 Å². The second kappa shape index (κ2) is 6.70.